The number of alkyl halides is 17. The largest absolute Gasteiger partial charge is 0.479 e. The minimum absolute atomic E-state index is 0.0768. The van der Waals surface area contributed by atoms with Crippen LogP contribution in [0, 0.1) is 0 Å². The van der Waals surface area contributed by atoms with Gasteiger partial charge >= 0.3 is 53.6 Å². The summed E-state index contributed by atoms with van der Waals surface area (Å²) in [6.07, 6.45) is -16.8. The highest BCUT2D eigenvalue weighted by Gasteiger charge is 2.95. The second kappa shape index (κ2) is 15.5. The molecule has 1 heterocycles. The lowest BCUT2D eigenvalue weighted by Gasteiger charge is -2.42. The van der Waals surface area contributed by atoms with Crippen LogP contribution in [0.4, 0.5) is 74.6 Å². The van der Waals surface area contributed by atoms with Crippen LogP contribution in [-0.4, -0.2) is 105 Å². The average molecular weight is 764 g/mol. The van der Waals surface area contributed by atoms with Crippen molar-refractivity contribution >= 4 is 5.97 Å². The molecule has 1 aliphatic heterocycles. The number of carboxylic acids is 1. The first kappa shape index (κ1) is 44.7. The van der Waals surface area contributed by atoms with Crippen molar-refractivity contribution in [3.8, 4) is 0 Å². The smallest absolute Gasteiger partial charge is 0.460 e. The average Bonchev–Trinajstić information content (AvgIpc) is 3.24. The van der Waals surface area contributed by atoms with Gasteiger partial charge in [-0.2, -0.15) is 74.6 Å². The van der Waals surface area contributed by atoms with Crippen LogP contribution in [0.5, 0.6) is 0 Å². The standard InChI is InChI=1S/C25H29F17O7/c26-18(27,19(28,29)20(30,31)21(32,33)22(34,35)23(36,37)24(38,39)25(40,41)42)10-8-6-4-2-1-3-5-7-9-11-48-17-13(44)12(43)15(49-17)14(45)16(46)47/h9,11-15,17,43-45H,1-8,10H2,(H,46,47)/t12-,13-,14+,15+,17-/m1/s1. The molecule has 0 aromatic heterocycles. The number of halogens is 17. The van der Waals surface area contributed by atoms with E-state index in [0.29, 0.717) is 25.7 Å². The van der Waals surface area contributed by atoms with Crippen LogP contribution in [0.1, 0.15) is 57.8 Å². The van der Waals surface area contributed by atoms with Crippen LogP contribution in [0.25, 0.3) is 0 Å². The molecule has 1 saturated heterocycles. The van der Waals surface area contributed by atoms with Crippen molar-refractivity contribution in [2.24, 2.45) is 0 Å². The molecular weight excluding hydrogens is 735 g/mol. The number of carboxylic acid groups (broad SMARTS) is 1. The van der Waals surface area contributed by atoms with Gasteiger partial charge in [-0.3, -0.25) is 0 Å². The van der Waals surface area contributed by atoms with Crippen molar-refractivity contribution in [1.82, 2.24) is 0 Å². The fourth-order valence-electron chi connectivity index (χ4n) is 4.23. The number of rotatable bonds is 20. The Morgan fingerprint density at radius 3 is 1.49 bits per heavy atom. The molecule has 24 heteroatoms. The number of aliphatic hydroxyl groups is 3. The van der Waals surface area contributed by atoms with Crippen LogP contribution in [0.15, 0.2) is 12.3 Å². The third-order valence-electron chi connectivity index (χ3n) is 7.28. The van der Waals surface area contributed by atoms with Crippen molar-refractivity contribution in [2.45, 2.75) is 136 Å². The number of hydrogen-bond acceptors (Lipinski definition) is 6. The van der Waals surface area contributed by atoms with Gasteiger partial charge in [-0.25, -0.2) is 4.79 Å². The number of unbranched alkanes of at least 4 members (excludes halogenated alkanes) is 7. The highest BCUT2D eigenvalue weighted by Crippen LogP contribution is 2.64. The van der Waals surface area contributed by atoms with Crippen LogP contribution >= 0.6 is 0 Å². The molecule has 0 aromatic rings. The van der Waals surface area contributed by atoms with E-state index in [0.717, 1.165) is 6.26 Å². The van der Waals surface area contributed by atoms with E-state index in [-0.39, 0.29) is 12.8 Å². The zero-order valence-corrected chi connectivity index (χ0v) is 24.3. The molecule has 0 saturated carbocycles. The summed E-state index contributed by atoms with van der Waals surface area (Å²) < 4.78 is 236. The maximum atomic E-state index is 13.9. The fraction of sp³-hybridized carbons (Fsp3) is 0.880. The molecule has 1 rings (SSSR count). The predicted octanol–water partition coefficient (Wildman–Crippen LogP) is 6.93. The summed E-state index contributed by atoms with van der Waals surface area (Å²) in [6.45, 7) is 0. The van der Waals surface area contributed by atoms with E-state index in [4.69, 9.17) is 14.6 Å². The molecule has 7 nitrogen and oxygen atoms in total. The van der Waals surface area contributed by atoms with Crippen LogP contribution in [0.2, 0.25) is 0 Å². The zero-order valence-electron chi connectivity index (χ0n) is 24.3. The van der Waals surface area contributed by atoms with Crippen molar-refractivity contribution in [3.05, 3.63) is 12.3 Å². The molecule has 290 valence electrons. The Bertz CT molecular complexity index is 1110. The molecule has 1 aliphatic rings. The van der Waals surface area contributed by atoms with Gasteiger partial charge in [0.15, 0.2) is 6.10 Å². The molecule has 0 radical (unpaired) electrons. The Morgan fingerprint density at radius 1 is 0.633 bits per heavy atom. The summed E-state index contributed by atoms with van der Waals surface area (Å²) in [7, 11) is 0. The number of carbonyl (C=O) groups is 1. The Hall–Kier alpha value is -2.34. The first-order valence-electron chi connectivity index (χ1n) is 13.8. The monoisotopic (exact) mass is 764 g/mol. The lowest BCUT2D eigenvalue weighted by atomic mass is 9.87. The third-order valence-corrected chi connectivity index (χ3v) is 7.28. The van der Waals surface area contributed by atoms with Gasteiger partial charge in [-0.1, -0.05) is 32.1 Å². The molecule has 4 N–H and O–H groups in total. The Labute approximate surface area is 264 Å². The molecule has 0 aromatic carbocycles. The molecule has 49 heavy (non-hydrogen) atoms. The Morgan fingerprint density at radius 2 is 1.04 bits per heavy atom. The lowest BCUT2D eigenvalue weighted by molar-refractivity contribution is -0.461. The normalized spacial score (nSPS) is 22.9. The lowest BCUT2D eigenvalue weighted by Crippen LogP contribution is -2.74. The molecule has 0 unspecified atom stereocenters. The predicted molar refractivity (Wildman–Crippen MR) is 127 cm³/mol. The van der Waals surface area contributed by atoms with Gasteiger partial charge in [0, 0.05) is 6.42 Å². The summed E-state index contributed by atoms with van der Waals surface area (Å²) in [5.41, 5.74) is 0. The van der Waals surface area contributed by atoms with E-state index in [1.54, 1.807) is 0 Å². The van der Waals surface area contributed by atoms with Crippen LogP contribution in [-0.2, 0) is 14.3 Å². The fourth-order valence-corrected chi connectivity index (χ4v) is 4.23. The molecule has 5 atom stereocenters. The number of ether oxygens (including phenoxy) is 2. The van der Waals surface area contributed by atoms with Crippen LogP contribution < -0.4 is 0 Å². The van der Waals surface area contributed by atoms with E-state index in [9.17, 15) is 94.8 Å². The van der Waals surface area contributed by atoms with E-state index in [2.05, 4.69) is 0 Å². The number of hydrogen-bond donors (Lipinski definition) is 4. The van der Waals surface area contributed by atoms with Crippen LogP contribution in [0.3, 0.4) is 0 Å². The van der Waals surface area contributed by atoms with E-state index < -0.39 is 104 Å². The second-order valence-corrected chi connectivity index (χ2v) is 10.9. The summed E-state index contributed by atoms with van der Waals surface area (Å²) in [4.78, 5) is 10.8. The van der Waals surface area contributed by atoms with Gasteiger partial charge in [0.1, 0.15) is 18.3 Å². The van der Waals surface area contributed by atoms with E-state index >= 15 is 0 Å². The summed E-state index contributed by atoms with van der Waals surface area (Å²) in [5, 5.41) is 37.7. The van der Waals surface area contributed by atoms with E-state index in [1.165, 1.54) is 6.08 Å². The topological polar surface area (TPSA) is 116 Å². The van der Waals surface area contributed by atoms with Gasteiger partial charge in [0.05, 0.1) is 6.26 Å². The Balaban J connectivity index is 2.59. The molecule has 0 amide bonds. The summed E-state index contributed by atoms with van der Waals surface area (Å²) >= 11 is 0. The molecule has 0 bridgehead atoms. The number of allylic oxidation sites excluding steroid dienone is 1. The minimum Gasteiger partial charge on any atom is -0.479 e. The third kappa shape index (κ3) is 8.59. The van der Waals surface area contributed by atoms with Gasteiger partial charge in [-0.05, 0) is 25.3 Å². The SMILES string of the molecule is O=C(O)[C@@H](O)[C@H]1O[C@@H](OC=CCCCCCCCCCC(F)(F)C(F)(F)C(F)(F)C(F)(F)C(F)(F)C(F)(F)C(F)(F)C(F)(F)F)[C@H](O)[C@H]1O. The van der Waals surface area contributed by atoms with Crippen molar-refractivity contribution < 1.29 is 109 Å². The first-order valence-corrected chi connectivity index (χ1v) is 13.8. The van der Waals surface area contributed by atoms with E-state index in [1.807, 2.05) is 0 Å². The summed E-state index contributed by atoms with van der Waals surface area (Å²) in [5.74, 6) is -58.0. The van der Waals surface area contributed by atoms with Crippen molar-refractivity contribution in [2.75, 3.05) is 0 Å². The van der Waals surface area contributed by atoms with Gasteiger partial charge in [0.25, 0.3) is 0 Å². The van der Waals surface area contributed by atoms with Crippen molar-refractivity contribution in [3.63, 3.8) is 0 Å². The van der Waals surface area contributed by atoms with Gasteiger partial charge < -0.3 is 29.9 Å². The second-order valence-electron chi connectivity index (χ2n) is 10.9. The maximum Gasteiger partial charge on any atom is 0.460 e. The number of aliphatic hydroxyl groups excluding tert-OH is 3. The first-order chi connectivity index (χ1) is 21.9. The van der Waals surface area contributed by atoms with Gasteiger partial charge in [-0.15, -0.1) is 0 Å². The highest BCUT2D eigenvalue weighted by atomic mass is 19.4. The molecular formula is C25H29F17O7. The maximum absolute atomic E-state index is 13.9. The zero-order chi connectivity index (χ0) is 38.7. The highest BCUT2D eigenvalue weighted by molar-refractivity contribution is 5.73. The molecule has 1 fully saturated rings. The van der Waals surface area contributed by atoms with Crippen molar-refractivity contribution in [1.29, 1.82) is 0 Å². The summed E-state index contributed by atoms with van der Waals surface area (Å²) in [6, 6.07) is 0. The quantitative estimate of drug-likeness (QED) is 0.0604. The van der Waals surface area contributed by atoms with Gasteiger partial charge in [0.2, 0.25) is 6.29 Å². The molecule has 0 aliphatic carbocycles. The number of aliphatic carboxylic acids is 1. The molecule has 0 spiro atoms. The Kier molecular flexibility index (Phi) is 14.1. The minimum atomic E-state index is -8.64.